The third-order valence-corrected chi connectivity index (χ3v) is 4.50. The van der Waals surface area contributed by atoms with Gasteiger partial charge >= 0.3 is 0 Å². The van der Waals surface area contributed by atoms with Crippen molar-refractivity contribution in [3.8, 4) is 5.75 Å². The number of benzene rings is 1. The Morgan fingerprint density at radius 1 is 1.29 bits per heavy atom. The van der Waals surface area contributed by atoms with Gasteiger partial charge in [0.2, 0.25) is 0 Å². The highest BCUT2D eigenvalue weighted by Crippen LogP contribution is 2.37. The highest BCUT2D eigenvalue weighted by Gasteiger charge is 2.30. The van der Waals surface area contributed by atoms with Crippen LogP contribution in [0.25, 0.3) is 10.9 Å². The first-order valence-electron chi connectivity index (χ1n) is 7.73. The van der Waals surface area contributed by atoms with Gasteiger partial charge in [0.25, 0.3) is 0 Å². The van der Waals surface area contributed by atoms with Crippen LogP contribution in [-0.2, 0) is 6.54 Å². The van der Waals surface area contributed by atoms with E-state index in [-0.39, 0.29) is 0 Å². The monoisotopic (exact) mass is 284 g/mol. The molecule has 0 radical (unpaired) electrons. The van der Waals surface area contributed by atoms with Crippen molar-refractivity contribution < 1.29 is 4.74 Å². The standard InChI is InChI=1S/C18H24N2O/c1-18(2)10-9-14(11-18)19-12-15-8-7-13-5-4-6-16(21-3)17(13)20-15/h4-8,14,19H,9-12H2,1-3H3. The largest absolute Gasteiger partial charge is 0.494 e. The van der Waals surface area contributed by atoms with E-state index in [0.29, 0.717) is 11.5 Å². The van der Waals surface area contributed by atoms with Gasteiger partial charge in [0.15, 0.2) is 0 Å². The summed E-state index contributed by atoms with van der Waals surface area (Å²) >= 11 is 0. The minimum absolute atomic E-state index is 0.484. The number of methoxy groups -OCH3 is 1. The Labute approximate surface area is 126 Å². The highest BCUT2D eigenvalue weighted by atomic mass is 16.5. The third kappa shape index (κ3) is 3.18. The summed E-state index contributed by atoms with van der Waals surface area (Å²) in [6.07, 6.45) is 3.83. The summed E-state index contributed by atoms with van der Waals surface area (Å²) in [6.45, 7) is 5.54. The van der Waals surface area contributed by atoms with E-state index in [1.807, 2.05) is 12.1 Å². The van der Waals surface area contributed by atoms with Gasteiger partial charge in [-0.05, 0) is 36.8 Å². The Morgan fingerprint density at radius 2 is 2.14 bits per heavy atom. The lowest BCUT2D eigenvalue weighted by Crippen LogP contribution is -2.27. The zero-order valence-corrected chi connectivity index (χ0v) is 13.1. The van der Waals surface area contributed by atoms with E-state index in [0.717, 1.165) is 28.9 Å². The number of para-hydroxylation sites is 1. The molecule has 1 heterocycles. The van der Waals surface area contributed by atoms with E-state index in [4.69, 9.17) is 9.72 Å². The molecule has 1 aliphatic rings. The number of ether oxygens (including phenoxy) is 1. The molecule has 0 aliphatic heterocycles. The van der Waals surface area contributed by atoms with Gasteiger partial charge in [-0.2, -0.15) is 0 Å². The van der Waals surface area contributed by atoms with E-state index in [9.17, 15) is 0 Å². The Morgan fingerprint density at radius 3 is 2.86 bits per heavy atom. The van der Waals surface area contributed by atoms with Crippen LogP contribution in [0.5, 0.6) is 5.75 Å². The predicted molar refractivity (Wildman–Crippen MR) is 86.6 cm³/mol. The molecule has 3 heteroatoms. The van der Waals surface area contributed by atoms with E-state index in [2.05, 4.69) is 37.4 Å². The maximum Gasteiger partial charge on any atom is 0.145 e. The lowest BCUT2D eigenvalue weighted by molar-refractivity contribution is 0.364. The summed E-state index contributed by atoms with van der Waals surface area (Å²) < 4.78 is 5.40. The van der Waals surface area contributed by atoms with Crippen molar-refractivity contribution in [3.05, 3.63) is 36.0 Å². The molecule has 0 saturated heterocycles. The molecule has 1 fully saturated rings. The zero-order valence-electron chi connectivity index (χ0n) is 13.1. The van der Waals surface area contributed by atoms with Crippen molar-refractivity contribution >= 4 is 10.9 Å². The Kier molecular flexibility index (Phi) is 3.85. The summed E-state index contributed by atoms with van der Waals surface area (Å²) in [5, 5.41) is 4.78. The zero-order chi connectivity index (χ0) is 14.9. The Bertz CT molecular complexity index is 636. The van der Waals surface area contributed by atoms with Gasteiger partial charge in [0.1, 0.15) is 11.3 Å². The van der Waals surface area contributed by atoms with Crippen molar-refractivity contribution in [3.63, 3.8) is 0 Å². The number of rotatable bonds is 4. The molecular formula is C18H24N2O. The molecule has 3 rings (SSSR count). The first kappa shape index (κ1) is 14.3. The van der Waals surface area contributed by atoms with Gasteiger partial charge in [-0.15, -0.1) is 0 Å². The number of pyridine rings is 1. The second-order valence-electron chi connectivity index (χ2n) is 6.82. The van der Waals surface area contributed by atoms with Crippen LogP contribution in [0.15, 0.2) is 30.3 Å². The third-order valence-electron chi connectivity index (χ3n) is 4.50. The van der Waals surface area contributed by atoms with E-state index in [1.165, 1.54) is 19.3 Å². The molecule has 3 nitrogen and oxygen atoms in total. The summed E-state index contributed by atoms with van der Waals surface area (Å²) in [6, 6.07) is 10.9. The first-order valence-corrected chi connectivity index (χ1v) is 7.73. The van der Waals surface area contributed by atoms with Crippen molar-refractivity contribution in [1.29, 1.82) is 0 Å². The molecule has 1 atom stereocenters. The van der Waals surface area contributed by atoms with Crippen LogP contribution in [0.3, 0.4) is 0 Å². The van der Waals surface area contributed by atoms with E-state index >= 15 is 0 Å². The average Bonchev–Trinajstić information content (AvgIpc) is 2.83. The lowest BCUT2D eigenvalue weighted by atomic mass is 9.92. The molecule has 0 spiro atoms. The van der Waals surface area contributed by atoms with Gasteiger partial charge in [-0.25, -0.2) is 4.98 Å². The van der Waals surface area contributed by atoms with Crippen LogP contribution in [-0.4, -0.2) is 18.1 Å². The van der Waals surface area contributed by atoms with Crippen LogP contribution in [0.4, 0.5) is 0 Å². The van der Waals surface area contributed by atoms with Crippen LogP contribution >= 0.6 is 0 Å². The molecule has 1 saturated carbocycles. The fourth-order valence-electron chi connectivity index (χ4n) is 3.28. The van der Waals surface area contributed by atoms with Crippen molar-refractivity contribution in [1.82, 2.24) is 10.3 Å². The first-order chi connectivity index (χ1) is 10.1. The maximum absolute atomic E-state index is 5.40. The number of hydrogen-bond donors (Lipinski definition) is 1. The second-order valence-corrected chi connectivity index (χ2v) is 6.82. The molecule has 0 amide bonds. The van der Waals surface area contributed by atoms with Crippen molar-refractivity contribution in [2.24, 2.45) is 5.41 Å². The predicted octanol–water partition coefficient (Wildman–Crippen LogP) is 3.91. The number of fused-ring (bicyclic) bond motifs is 1. The van der Waals surface area contributed by atoms with Gasteiger partial charge in [0.05, 0.1) is 12.8 Å². The number of aromatic nitrogens is 1. The van der Waals surface area contributed by atoms with E-state index < -0.39 is 0 Å². The Hall–Kier alpha value is -1.61. The van der Waals surface area contributed by atoms with Gasteiger partial charge in [-0.3, -0.25) is 0 Å². The van der Waals surface area contributed by atoms with Gasteiger partial charge in [-0.1, -0.05) is 32.0 Å². The van der Waals surface area contributed by atoms with Gasteiger partial charge < -0.3 is 10.1 Å². The minimum atomic E-state index is 0.484. The molecule has 1 aromatic carbocycles. The second kappa shape index (κ2) is 5.64. The maximum atomic E-state index is 5.40. The average molecular weight is 284 g/mol. The normalized spacial score (nSPS) is 20.8. The minimum Gasteiger partial charge on any atom is -0.494 e. The molecule has 0 bridgehead atoms. The molecule has 112 valence electrons. The molecule has 21 heavy (non-hydrogen) atoms. The number of hydrogen-bond acceptors (Lipinski definition) is 3. The van der Waals surface area contributed by atoms with E-state index in [1.54, 1.807) is 7.11 Å². The van der Waals surface area contributed by atoms with Crippen molar-refractivity contribution in [2.45, 2.75) is 45.7 Å². The molecule has 1 aromatic heterocycles. The van der Waals surface area contributed by atoms with Crippen molar-refractivity contribution in [2.75, 3.05) is 7.11 Å². The molecule has 1 N–H and O–H groups in total. The Balaban J connectivity index is 1.73. The molecule has 1 aliphatic carbocycles. The summed E-state index contributed by atoms with van der Waals surface area (Å²) in [7, 11) is 1.70. The fourth-order valence-corrected chi connectivity index (χ4v) is 3.28. The quantitative estimate of drug-likeness (QED) is 0.924. The van der Waals surface area contributed by atoms with Gasteiger partial charge in [0, 0.05) is 18.0 Å². The summed E-state index contributed by atoms with van der Waals surface area (Å²) in [4.78, 5) is 4.76. The van der Waals surface area contributed by atoms with Crippen LogP contribution in [0.2, 0.25) is 0 Å². The van der Waals surface area contributed by atoms with Crippen LogP contribution in [0, 0.1) is 5.41 Å². The highest BCUT2D eigenvalue weighted by molar-refractivity contribution is 5.84. The number of nitrogens with one attached hydrogen (secondary N) is 1. The topological polar surface area (TPSA) is 34.1 Å². The number of nitrogens with zero attached hydrogens (tertiary/aromatic N) is 1. The smallest absolute Gasteiger partial charge is 0.145 e. The fraction of sp³-hybridized carbons (Fsp3) is 0.500. The molecular weight excluding hydrogens is 260 g/mol. The molecule has 2 aromatic rings. The SMILES string of the molecule is COc1cccc2ccc(CNC3CCC(C)(C)C3)nc12. The molecule has 1 unspecified atom stereocenters. The van der Waals surface area contributed by atoms with Crippen LogP contribution in [0.1, 0.15) is 38.8 Å². The van der Waals surface area contributed by atoms with Crippen LogP contribution < -0.4 is 10.1 Å². The summed E-state index contributed by atoms with van der Waals surface area (Å²) in [5.41, 5.74) is 2.51. The lowest BCUT2D eigenvalue weighted by Gasteiger charge is -2.17. The summed E-state index contributed by atoms with van der Waals surface area (Å²) in [5.74, 6) is 0.844.